The molecule has 2 heterocycles. The van der Waals surface area contributed by atoms with Crippen LogP contribution in [0.3, 0.4) is 0 Å². The highest BCUT2D eigenvalue weighted by Crippen LogP contribution is 2.41. The summed E-state index contributed by atoms with van der Waals surface area (Å²) in [5.74, 6) is 0.272. The van der Waals surface area contributed by atoms with Crippen LogP contribution in [0.4, 0.5) is 0 Å². The Balaban J connectivity index is 1.58. The van der Waals surface area contributed by atoms with Crippen LogP contribution in [-0.4, -0.2) is 16.0 Å². The van der Waals surface area contributed by atoms with Crippen LogP contribution in [0, 0.1) is 5.41 Å². The molecule has 1 saturated carbocycles. The van der Waals surface area contributed by atoms with Crippen LogP contribution >= 0.6 is 0 Å². The normalized spacial score (nSPS) is 14.9. The number of benzene rings is 2. The minimum atomic E-state index is -0.122. The Kier molecular flexibility index (Phi) is 5.49. The Morgan fingerprint density at radius 3 is 2.36 bits per heavy atom. The highest BCUT2D eigenvalue weighted by atomic mass is 16.5. The highest BCUT2D eigenvalue weighted by Gasteiger charge is 2.30. The average molecular weight is 440 g/mol. The molecule has 0 aliphatic heterocycles. The van der Waals surface area contributed by atoms with Crippen molar-refractivity contribution in [3.8, 4) is 11.3 Å². The molecule has 0 bridgehead atoms. The average Bonchev–Trinajstić information content (AvgIpc) is 3.57. The lowest BCUT2D eigenvalue weighted by Gasteiger charge is -2.27. The van der Waals surface area contributed by atoms with Crippen LogP contribution in [-0.2, 0) is 0 Å². The Morgan fingerprint density at radius 2 is 1.73 bits per heavy atom. The summed E-state index contributed by atoms with van der Waals surface area (Å²) in [6, 6.07) is 21.8. The minimum absolute atomic E-state index is 0.0485. The van der Waals surface area contributed by atoms with E-state index in [1.807, 2.05) is 54.6 Å². The largest absolute Gasteiger partial charge is 0.345 e. The van der Waals surface area contributed by atoms with Gasteiger partial charge in [-0.15, -0.1) is 0 Å². The molecule has 0 saturated heterocycles. The van der Waals surface area contributed by atoms with E-state index in [1.54, 1.807) is 0 Å². The third-order valence-electron chi connectivity index (χ3n) is 6.08. The fraction of sp³-hybridized carbons (Fsp3) is 0.321. The number of fused-ring (bicyclic) bond motifs is 1. The molecule has 1 amide bonds. The number of pyridine rings is 1. The van der Waals surface area contributed by atoms with Crippen LogP contribution in [0.1, 0.15) is 73.6 Å². The van der Waals surface area contributed by atoms with Gasteiger partial charge >= 0.3 is 0 Å². The minimum Gasteiger partial charge on any atom is -0.345 e. The fourth-order valence-corrected chi connectivity index (χ4v) is 4.32. The third-order valence-corrected chi connectivity index (χ3v) is 6.08. The number of amides is 1. The summed E-state index contributed by atoms with van der Waals surface area (Å²) in [7, 11) is 0. The number of rotatable bonds is 6. The van der Waals surface area contributed by atoms with Crippen molar-refractivity contribution in [2.24, 2.45) is 5.41 Å². The molecular weight excluding hydrogens is 410 g/mol. The molecule has 2 aromatic carbocycles. The van der Waals surface area contributed by atoms with Crippen LogP contribution < -0.4 is 5.32 Å². The van der Waals surface area contributed by atoms with Crippen molar-refractivity contribution in [3.05, 3.63) is 83.6 Å². The maximum atomic E-state index is 13.8. The van der Waals surface area contributed by atoms with Gasteiger partial charge in [0.2, 0.25) is 0 Å². The van der Waals surface area contributed by atoms with Crippen LogP contribution in [0.2, 0.25) is 0 Å². The number of carbonyl (C=O) groups is 1. The van der Waals surface area contributed by atoms with E-state index in [0.29, 0.717) is 28.3 Å². The topological polar surface area (TPSA) is 68.0 Å². The van der Waals surface area contributed by atoms with Crippen LogP contribution in [0.15, 0.2) is 71.3 Å². The zero-order chi connectivity index (χ0) is 23.0. The lowest BCUT2D eigenvalue weighted by molar-refractivity contribution is 0.0928. The van der Waals surface area contributed by atoms with E-state index in [9.17, 15) is 4.79 Å². The Bertz CT molecular complexity index is 1270. The van der Waals surface area contributed by atoms with Gasteiger partial charge in [-0.05, 0) is 36.3 Å². The molecule has 5 rings (SSSR count). The second-order valence-electron chi connectivity index (χ2n) is 10.1. The van der Waals surface area contributed by atoms with E-state index in [1.165, 1.54) is 0 Å². The second-order valence-corrected chi connectivity index (χ2v) is 10.1. The molecule has 1 aliphatic rings. The summed E-state index contributed by atoms with van der Waals surface area (Å²) in [4.78, 5) is 18.5. The van der Waals surface area contributed by atoms with Gasteiger partial charge in [0.15, 0.2) is 0 Å². The summed E-state index contributed by atoms with van der Waals surface area (Å²) in [6.07, 6.45) is 3.01. The van der Waals surface area contributed by atoms with E-state index in [4.69, 9.17) is 9.51 Å². The van der Waals surface area contributed by atoms with Crippen LogP contribution in [0.25, 0.3) is 22.4 Å². The molecule has 5 heteroatoms. The van der Waals surface area contributed by atoms with Gasteiger partial charge in [-0.3, -0.25) is 4.79 Å². The molecular formula is C28H29N3O2. The summed E-state index contributed by atoms with van der Waals surface area (Å²) < 4.78 is 5.64. The van der Waals surface area contributed by atoms with E-state index >= 15 is 0 Å². The SMILES string of the molecule is CC(C)(C)CC(NC(=O)c1cc(C2CC2)nc2onc(-c3ccccc3)c12)c1ccccc1. The van der Waals surface area contributed by atoms with Crippen molar-refractivity contribution in [1.29, 1.82) is 0 Å². The Morgan fingerprint density at radius 1 is 1.06 bits per heavy atom. The standard InChI is InChI=1S/C28H29N3O2/c1-28(2,3)17-23(18-10-6-4-7-11-18)29-26(32)21-16-22(19-14-15-19)30-27-24(21)25(31-33-27)20-12-8-5-9-13-20/h4-13,16,19,23H,14-15,17H2,1-3H3,(H,29,32). The maximum Gasteiger partial charge on any atom is 0.259 e. The van der Waals surface area contributed by atoms with E-state index in [2.05, 4.69) is 43.4 Å². The summed E-state index contributed by atoms with van der Waals surface area (Å²) in [5, 5.41) is 8.30. The number of hydrogen-bond donors (Lipinski definition) is 1. The van der Waals surface area contributed by atoms with Crippen molar-refractivity contribution in [3.63, 3.8) is 0 Å². The predicted octanol–water partition coefficient (Wildman–Crippen LogP) is 6.67. The lowest BCUT2D eigenvalue weighted by Crippen LogP contribution is -2.31. The predicted molar refractivity (Wildman–Crippen MR) is 130 cm³/mol. The first-order chi connectivity index (χ1) is 15.9. The second kappa shape index (κ2) is 8.47. The number of carbonyl (C=O) groups excluding carboxylic acids is 1. The van der Waals surface area contributed by atoms with E-state index in [-0.39, 0.29) is 17.4 Å². The number of nitrogens with one attached hydrogen (secondary N) is 1. The summed E-state index contributed by atoms with van der Waals surface area (Å²) in [5.41, 5.74) is 4.62. The molecule has 168 valence electrons. The Hall–Kier alpha value is -3.47. The molecule has 1 unspecified atom stereocenters. The molecule has 33 heavy (non-hydrogen) atoms. The van der Waals surface area contributed by atoms with Crippen molar-refractivity contribution in [2.45, 2.75) is 52.0 Å². The zero-order valence-electron chi connectivity index (χ0n) is 19.3. The fourth-order valence-electron chi connectivity index (χ4n) is 4.32. The first-order valence-electron chi connectivity index (χ1n) is 11.6. The first-order valence-corrected chi connectivity index (χ1v) is 11.6. The zero-order valence-corrected chi connectivity index (χ0v) is 19.3. The highest BCUT2D eigenvalue weighted by molar-refractivity contribution is 6.09. The van der Waals surface area contributed by atoms with Gasteiger partial charge in [0.25, 0.3) is 11.6 Å². The van der Waals surface area contributed by atoms with Crippen molar-refractivity contribution in [1.82, 2.24) is 15.5 Å². The molecule has 0 radical (unpaired) electrons. The molecule has 1 atom stereocenters. The molecule has 2 aromatic heterocycles. The third kappa shape index (κ3) is 4.68. The van der Waals surface area contributed by atoms with E-state index in [0.717, 1.165) is 36.1 Å². The monoisotopic (exact) mass is 439 g/mol. The summed E-state index contributed by atoms with van der Waals surface area (Å²) in [6.45, 7) is 6.58. The molecule has 0 spiro atoms. The number of hydrogen-bond acceptors (Lipinski definition) is 4. The number of aromatic nitrogens is 2. The van der Waals surface area contributed by atoms with Crippen molar-refractivity contribution in [2.75, 3.05) is 0 Å². The number of nitrogens with zero attached hydrogens (tertiary/aromatic N) is 2. The molecule has 1 N–H and O–H groups in total. The maximum absolute atomic E-state index is 13.8. The van der Waals surface area contributed by atoms with Crippen molar-refractivity contribution < 1.29 is 9.32 Å². The lowest BCUT2D eigenvalue weighted by atomic mass is 9.85. The molecule has 1 fully saturated rings. The van der Waals surface area contributed by atoms with Gasteiger partial charge in [-0.2, -0.15) is 0 Å². The Labute approximate surface area is 194 Å². The van der Waals surface area contributed by atoms with Crippen molar-refractivity contribution >= 4 is 17.0 Å². The van der Waals surface area contributed by atoms with Gasteiger partial charge in [0.1, 0.15) is 5.69 Å². The van der Waals surface area contributed by atoms with Gasteiger partial charge in [0, 0.05) is 17.2 Å². The quantitative estimate of drug-likeness (QED) is 0.364. The molecule has 1 aliphatic carbocycles. The van der Waals surface area contributed by atoms with E-state index < -0.39 is 0 Å². The van der Waals surface area contributed by atoms with Gasteiger partial charge in [-0.1, -0.05) is 86.6 Å². The van der Waals surface area contributed by atoms with Gasteiger partial charge < -0.3 is 9.84 Å². The van der Waals surface area contributed by atoms with Gasteiger partial charge in [-0.25, -0.2) is 4.98 Å². The summed E-state index contributed by atoms with van der Waals surface area (Å²) >= 11 is 0. The van der Waals surface area contributed by atoms with Gasteiger partial charge in [0.05, 0.1) is 17.0 Å². The van der Waals surface area contributed by atoms with Crippen LogP contribution in [0.5, 0.6) is 0 Å². The molecule has 4 aromatic rings. The first kappa shape index (κ1) is 21.4. The molecule has 5 nitrogen and oxygen atoms in total. The smallest absolute Gasteiger partial charge is 0.259 e.